The first kappa shape index (κ1) is 18.5. The van der Waals surface area contributed by atoms with Gasteiger partial charge in [0, 0.05) is 0 Å². The maximum absolute atomic E-state index is 12.5. The van der Waals surface area contributed by atoms with E-state index in [0.717, 1.165) is 16.7 Å². The molecule has 0 saturated heterocycles. The number of para-hydroxylation sites is 1. The Bertz CT molecular complexity index is 798. The zero-order valence-corrected chi connectivity index (χ0v) is 15.2. The lowest BCUT2D eigenvalue weighted by Crippen LogP contribution is -2.31. The van der Waals surface area contributed by atoms with Crippen molar-refractivity contribution in [1.29, 1.82) is 0 Å². The van der Waals surface area contributed by atoms with Crippen LogP contribution in [0.1, 0.15) is 34.0 Å². The summed E-state index contributed by atoms with van der Waals surface area (Å²) in [7, 11) is 1.30. The van der Waals surface area contributed by atoms with Gasteiger partial charge in [0.1, 0.15) is 5.75 Å². The highest BCUT2D eigenvalue weighted by atomic mass is 16.5. The van der Waals surface area contributed by atoms with Crippen LogP contribution in [0.4, 0.5) is 5.69 Å². The lowest BCUT2D eigenvalue weighted by atomic mass is 10.1. The number of carbonyl (C=O) groups excluding carboxylic acids is 2. The van der Waals surface area contributed by atoms with Crippen LogP contribution in [0.3, 0.4) is 0 Å². The van der Waals surface area contributed by atoms with Gasteiger partial charge in [-0.3, -0.25) is 4.79 Å². The van der Waals surface area contributed by atoms with Crippen molar-refractivity contribution in [3.05, 3.63) is 58.7 Å². The molecule has 1 atom stereocenters. The van der Waals surface area contributed by atoms with E-state index in [0.29, 0.717) is 17.0 Å². The summed E-state index contributed by atoms with van der Waals surface area (Å²) in [6.45, 7) is 7.62. The lowest BCUT2D eigenvalue weighted by Gasteiger charge is -2.18. The molecule has 132 valence electrons. The van der Waals surface area contributed by atoms with Gasteiger partial charge in [0.05, 0.1) is 18.4 Å². The van der Waals surface area contributed by atoms with Crippen molar-refractivity contribution < 1.29 is 19.1 Å². The van der Waals surface area contributed by atoms with Crippen molar-refractivity contribution in [3.63, 3.8) is 0 Å². The number of esters is 1. The third-order valence-corrected chi connectivity index (χ3v) is 4.03. The molecule has 0 fully saturated rings. The van der Waals surface area contributed by atoms with E-state index in [1.54, 1.807) is 31.2 Å². The first-order valence-corrected chi connectivity index (χ1v) is 8.06. The van der Waals surface area contributed by atoms with Gasteiger partial charge in [0.2, 0.25) is 0 Å². The summed E-state index contributed by atoms with van der Waals surface area (Å²) in [6, 6.07) is 10.7. The SMILES string of the molecule is COC(=O)c1ccccc1NC(=O)[C@@H](C)Oc1cc(C)cc(C)c1C. The topological polar surface area (TPSA) is 64.6 Å². The molecule has 0 saturated carbocycles. The standard InChI is InChI=1S/C20H23NO4/c1-12-10-13(2)14(3)18(11-12)25-15(4)19(22)21-17-9-7-6-8-16(17)20(23)24-5/h6-11,15H,1-5H3,(H,21,22)/t15-/m1/s1. The van der Waals surface area contributed by atoms with E-state index >= 15 is 0 Å². The first-order chi connectivity index (χ1) is 11.8. The Labute approximate surface area is 148 Å². The second-order valence-corrected chi connectivity index (χ2v) is 5.99. The monoisotopic (exact) mass is 341 g/mol. The molecule has 0 aromatic heterocycles. The highest BCUT2D eigenvalue weighted by Gasteiger charge is 2.19. The number of hydrogen-bond donors (Lipinski definition) is 1. The van der Waals surface area contributed by atoms with Crippen molar-refractivity contribution in [1.82, 2.24) is 0 Å². The fourth-order valence-corrected chi connectivity index (χ4v) is 2.48. The Kier molecular flexibility index (Phi) is 5.80. The third-order valence-electron chi connectivity index (χ3n) is 4.03. The highest BCUT2D eigenvalue weighted by molar-refractivity contribution is 6.02. The van der Waals surface area contributed by atoms with Crippen LogP contribution in [-0.2, 0) is 9.53 Å². The molecule has 5 heteroatoms. The Balaban J connectivity index is 2.16. The molecule has 2 aromatic carbocycles. The summed E-state index contributed by atoms with van der Waals surface area (Å²) in [6.07, 6.45) is -0.717. The predicted molar refractivity (Wildman–Crippen MR) is 97.2 cm³/mol. The van der Waals surface area contributed by atoms with Gasteiger partial charge in [-0.2, -0.15) is 0 Å². The van der Waals surface area contributed by atoms with Crippen LogP contribution in [0.2, 0.25) is 0 Å². The number of rotatable bonds is 5. The Morgan fingerprint density at radius 1 is 1.08 bits per heavy atom. The fraction of sp³-hybridized carbons (Fsp3) is 0.300. The molecule has 0 aliphatic carbocycles. The molecular formula is C20H23NO4. The largest absolute Gasteiger partial charge is 0.481 e. The van der Waals surface area contributed by atoms with Gasteiger partial charge < -0.3 is 14.8 Å². The molecule has 0 bridgehead atoms. The molecule has 5 nitrogen and oxygen atoms in total. The zero-order valence-electron chi connectivity index (χ0n) is 15.2. The van der Waals surface area contributed by atoms with Crippen LogP contribution in [0.5, 0.6) is 5.75 Å². The van der Waals surface area contributed by atoms with Crippen LogP contribution in [0, 0.1) is 20.8 Å². The number of nitrogens with one attached hydrogen (secondary N) is 1. The van der Waals surface area contributed by atoms with Gasteiger partial charge in [-0.15, -0.1) is 0 Å². The summed E-state index contributed by atoms with van der Waals surface area (Å²) in [5.41, 5.74) is 3.88. The molecule has 2 aromatic rings. The van der Waals surface area contributed by atoms with Crippen molar-refractivity contribution in [2.75, 3.05) is 12.4 Å². The molecule has 0 radical (unpaired) electrons. The minimum absolute atomic E-state index is 0.299. The average Bonchev–Trinajstić information content (AvgIpc) is 2.58. The van der Waals surface area contributed by atoms with Crippen molar-refractivity contribution in [2.45, 2.75) is 33.8 Å². The third kappa shape index (κ3) is 4.38. The van der Waals surface area contributed by atoms with Crippen molar-refractivity contribution in [3.8, 4) is 5.75 Å². The normalized spacial score (nSPS) is 11.6. The highest BCUT2D eigenvalue weighted by Crippen LogP contribution is 2.25. The molecule has 0 spiro atoms. The summed E-state index contributed by atoms with van der Waals surface area (Å²) >= 11 is 0. The first-order valence-electron chi connectivity index (χ1n) is 8.06. The van der Waals surface area contributed by atoms with E-state index in [1.807, 2.05) is 26.8 Å². The minimum Gasteiger partial charge on any atom is -0.481 e. The summed E-state index contributed by atoms with van der Waals surface area (Å²) in [5, 5.41) is 2.73. The Morgan fingerprint density at radius 3 is 2.44 bits per heavy atom. The van der Waals surface area contributed by atoms with E-state index in [4.69, 9.17) is 9.47 Å². The molecule has 25 heavy (non-hydrogen) atoms. The lowest BCUT2D eigenvalue weighted by molar-refractivity contribution is -0.122. The van der Waals surface area contributed by atoms with Gasteiger partial charge in [0.25, 0.3) is 5.91 Å². The number of carbonyl (C=O) groups is 2. The van der Waals surface area contributed by atoms with Crippen LogP contribution in [-0.4, -0.2) is 25.1 Å². The number of aryl methyl sites for hydroxylation is 2. The second kappa shape index (κ2) is 7.83. The van der Waals surface area contributed by atoms with Crippen LogP contribution in [0.15, 0.2) is 36.4 Å². The fourth-order valence-electron chi connectivity index (χ4n) is 2.48. The van der Waals surface area contributed by atoms with Gasteiger partial charge in [-0.05, 0) is 62.6 Å². The summed E-state index contributed by atoms with van der Waals surface area (Å²) in [5.74, 6) is -0.161. The van der Waals surface area contributed by atoms with Crippen molar-refractivity contribution in [2.24, 2.45) is 0 Å². The van der Waals surface area contributed by atoms with E-state index < -0.39 is 12.1 Å². The average molecular weight is 341 g/mol. The van der Waals surface area contributed by atoms with Crippen LogP contribution >= 0.6 is 0 Å². The van der Waals surface area contributed by atoms with Gasteiger partial charge in [0.15, 0.2) is 6.10 Å². The van der Waals surface area contributed by atoms with E-state index in [9.17, 15) is 9.59 Å². The van der Waals surface area contributed by atoms with E-state index in [2.05, 4.69) is 11.4 Å². The van der Waals surface area contributed by atoms with Crippen molar-refractivity contribution >= 4 is 17.6 Å². The Morgan fingerprint density at radius 2 is 1.76 bits per heavy atom. The summed E-state index contributed by atoms with van der Waals surface area (Å²) < 4.78 is 10.6. The molecule has 0 unspecified atom stereocenters. The maximum Gasteiger partial charge on any atom is 0.339 e. The number of anilines is 1. The Hall–Kier alpha value is -2.82. The van der Waals surface area contributed by atoms with E-state index in [1.165, 1.54) is 7.11 Å². The molecule has 1 N–H and O–H groups in total. The van der Waals surface area contributed by atoms with Gasteiger partial charge in [-0.1, -0.05) is 18.2 Å². The molecule has 1 amide bonds. The smallest absolute Gasteiger partial charge is 0.339 e. The number of hydrogen-bond acceptors (Lipinski definition) is 4. The van der Waals surface area contributed by atoms with Gasteiger partial charge >= 0.3 is 5.97 Å². The molecule has 2 rings (SSSR count). The minimum atomic E-state index is -0.717. The predicted octanol–water partition coefficient (Wildman–Crippen LogP) is 3.80. The van der Waals surface area contributed by atoms with Crippen LogP contribution in [0.25, 0.3) is 0 Å². The quantitative estimate of drug-likeness (QED) is 0.840. The number of methoxy groups -OCH3 is 1. The van der Waals surface area contributed by atoms with E-state index in [-0.39, 0.29) is 5.91 Å². The number of amides is 1. The summed E-state index contributed by atoms with van der Waals surface area (Å²) in [4.78, 5) is 24.3. The van der Waals surface area contributed by atoms with Crippen LogP contribution < -0.4 is 10.1 Å². The molecule has 0 aliphatic rings. The second-order valence-electron chi connectivity index (χ2n) is 5.99. The zero-order chi connectivity index (χ0) is 18.6. The molecule has 0 aliphatic heterocycles. The number of ether oxygens (including phenoxy) is 2. The molecular weight excluding hydrogens is 318 g/mol. The molecule has 0 heterocycles. The maximum atomic E-state index is 12.5. The van der Waals surface area contributed by atoms with Gasteiger partial charge in [-0.25, -0.2) is 4.79 Å². The number of benzene rings is 2.